The topological polar surface area (TPSA) is 34.9 Å². The van der Waals surface area contributed by atoms with Crippen molar-refractivity contribution < 1.29 is 4.79 Å². The lowest BCUT2D eigenvalue weighted by atomic mass is 9.75. The molecule has 1 aliphatic carbocycles. The standard InChI is InChI=1S/C18H22N2O/c1-12-17(13(2)20(3)19-12)9-8-16(21)11-15-10-14-6-4-5-7-18(14)15/h4-7,15H,8-11H2,1-3H3. The first-order chi connectivity index (χ1) is 10.1. The molecule has 0 amide bonds. The third-order valence-electron chi connectivity index (χ3n) is 4.75. The van der Waals surface area contributed by atoms with Crippen molar-refractivity contribution >= 4 is 5.78 Å². The highest BCUT2D eigenvalue weighted by Crippen LogP contribution is 2.37. The Morgan fingerprint density at radius 3 is 2.76 bits per heavy atom. The molecule has 1 aliphatic rings. The average Bonchev–Trinajstić information content (AvgIpc) is 2.68. The van der Waals surface area contributed by atoms with Gasteiger partial charge in [0.2, 0.25) is 0 Å². The minimum absolute atomic E-state index is 0.372. The summed E-state index contributed by atoms with van der Waals surface area (Å²) in [6.45, 7) is 4.09. The first-order valence-corrected chi connectivity index (χ1v) is 7.65. The third-order valence-corrected chi connectivity index (χ3v) is 4.75. The molecule has 2 aromatic rings. The summed E-state index contributed by atoms with van der Waals surface area (Å²) < 4.78 is 1.90. The van der Waals surface area contributed by atoms with E-state index < -0.39 is 0 Å². The van der Waals surface area contributed by atoms with Crippen LogP contribution in [0.2, 0.25) is 0 Å². The molecule has 0 spiro atoms. The number of carbonyl (C=O) groups excluding carboxylic acids is 1. The molecule has 0 bridgehead atoms. The first kappa shape index (κ1) is 14.1. The molecular formula is C18H22N2O. The molecule has 1 aromatic heterocycles. The van der Waals surface area contributed by atoms with Crippen LogP contribution in [-0.2, 0) is 24.7 Å². The molecule has 110 valence electrons. The van der Waals surface area contributed by atoms with Gasteiger partial charge in [-0.15, -0.1) is 0 Å². The number of rotatable bonds is 5. The van der Waals surface area contributed by atoms with E-state index in [1.807, 2.05) is 18.7 Å². The quantitative estimate of drug-likeness (QED) is 0.843. The van der Waals surface area contributed by atoms with Gasteiger partial charge in [-0.1, -0.05) is 24.3 Å². The minimum Gasteiger partial charge on any atom is -0.300 e. The van der Waals surface area contributed by atoms with Crippen LogP contribution in [-0.4, -0.2) is 15.6 Å². The molecule has 0 N–H and O–H groups in total. The van der Waals surface area contributed by atoms with Crippen molar-refractivity contribution in [3.8, 4) is 0 Å². The van der Waals surface area contributed by atoms with Crippen molar-refractivity contribution in [2.45, 2.75) is 45.4 Å². The number of fused-ring (bicyclic) bond motifs is 1. The summed E-state index contributed by atoms with van der Waals surface area (Å²) in [5.74, 6) is 0.821. The maximum atomic E-state index is 12.2. The van der Waals surface area contributed by atoms with E-state index in [2.05, 4.69) is 36.3 Å². The van der Waals surface area contributed by atoms with Gasteiger partial charge in [-0.05, 0) is 49.3 Å². The molecule has 0 saturated heterocycles. The summed E-state index contributed by atoms with van der Waals surface area (Å²) in [5, 5.41) is 4.41. The Morgan fingerprint density at radius 2 is 2.10 bits per heavy atom. The predicted molar refractivity (Wildman–Crippen MR) is 83.5 cm³/mol. The molecule has 0 saturated carbocycles. The number of hydrogen-bond donors (Lipinski definition) is 0. The fourth-order valence-corrected chi connectivity index (χ4v) is 3.37. The van der Waals surface area contributed by atoms with Crippen LogP contribution in [0, 0.1) is 13.8 Å². The van der Waals surface area contributed by atoms with Gasteiger partial charge in [0.15, 0.2) is 0 Å². The number of aromatic nitrogens is 2. The van der Waals surface area contributed by atoms with Gasteiger partial charge in [-0.3, -0.25) is 9.48 Å². The van der Waals surface area contributed by atoms with Crippen LogP contribution >= 0.6 is 0 Å². The first-order valence-electron chi connectivity index (χ1n) is 7.65. The summed E-state index contributed by atoms with van der Waals surface area (Å²) in [5.41, 5.74) is 6.25. The molecule has 3 heteroatoms. The molecular weight excluding hydrogens is 260 g/mol. The van der Waals surface area contributed by atoms with E-state index >= 15 is 0 Å². The van der Waals surface area contributed by atoms with Crippen LogP contribution < -0.4 is 0 Å². The van der Waals surface area contributed by atoms with E-state index in [1.165, 1.54) is 22.4 Å². The molecule has 1 atom stereocenters. The van der Waals surface area contributed by atoms with E-state index in [1.54, 1.807) is 0 Å². The number of nitrogens with zero attached hydrogens (tertiary/aromatic N) is 2. The van der Waals surface area contributed by atoms with Crippen molar-refractivity contribution in [3.05, 3.63) is 52.3 Å². The van der Waals surface area contributed by atoms with Gasteiger partial charge in [0.05, 0.1) is 5.69 Å². The molecule has 3 nitrogen and oxygen atoms in total. The third kappa shape index (κ3) is 2.65. The van der Waals surface area contributed by atoms with Crippen molar-refractivity contribution in [3.63, 3.8) is 0 Å². The van der Waals surface area contributed by atoms with Crippen molar-refractivity contribution in [2.75, 3.05) is 0 Å². The van der Waals surface area contributed by atoms with Gasteiger partial charge < -0.3 is 0 Å². The SMILES string of the molecule is Cc1nn(C)c(C)c1CCC(=O)CC1Cc2ccccc21. The van der Waals surface area contributed by atoms with E-state index in [0.717, 1.165) is 18.5 Å². The summed E-state index contributed by atoms with van der Waals surface area (Å²) >= 11 is 0. The molecule has 0 radical (unpaired) electrons. The zero-order valence-electron chi connectivity index (χ0n) is 13.0. The Kier molecular flexibility index (Phi) is 3.66. The van der Waals surface area contributed by atoms with Gasteiger partial charge in [0.1, 0.15) is 5.78 Å². The molecule has 1 aromatic carbocycles. The number of carbonyl (C=O) groups is 1. The van der Waals surface area contributed by atoms with Crippen molar-refractivity contribution in [2.24, 2.45) is 7.05 Å². The lowest BCUT2D eigenvalue weighted by Crippen LogP contribution is -2.20. The minimum atomic E-state index is 0.372. The Labute approximate surface area is 126 Å². The van der Waals surface area contributed by atoms with Crippen LogP contribution in [0.15, 0.2) is 24.3 Å². The molecule has 0 fully saturated rings. The number of ketones is 1. The number of benzene rings is 1. The highest BCUT2D eigenvalue weighted by molar-refractivity contribution is 5.80. The van der Waals surface area contributed by atoms with Gasteiger partial charge in [0, 0.05) is 25.6 Å². The van der Waals surface area contributed by atoms with E-state index in [4.69, 9.17) is 0 Å². The summed E-state index contributed by atoms with van der Waals surface area (Å²) in [6.07, 6.45) is 3.20. The van der Waals surface area contributed by atoms with Crippen molar-refractivity contribution in [1.82, 2.24) is 9.78 Å². The lowest BCUT2D eigenvalue weighted by molar-refractivity contribution is -0.119. The Balaban J connectivity index is 1.56. The highest BCUT2D eigenvalue weighted by Gasteiger charge is 2.27. The monoisotopic (exact) mass is 282 g/mol. The Hall–Kier alpha value is -1.90. The highest BCUT2D eigenvalue weighted by atomic mass is 16.1. The molecule has 1 heterocycles. The van der Waals surface area contributed by atoms with Crippen LogP contribution in [0.3, 0.4) is 0 Å². The molecule has 1 unspecified atom stereocenters. The van der Waals surface area contributed by atoms with Crippen molar-refractivity contribution in [1.29, 1.82) is 0 Å². The molecule has 3 rings (SSSR count). The number of aryl methyl sites for hydroxylation is 2. The molecule has 0 aliphatic heterocycles. The lowest BCUT2D eigenvalue weighted by Gasteiger charge is -2.29. The second-order valence-corrected chi connectivity index (χ2v) is 6.12. The summed E-state index contributed by atoms with van der Waals surface area (Å²) in [7, 11) is 1.96. The van der Waals surface area contributed by atoms with Crippen LogP contribution in [0.5, 0.6) is 0 Å². The zero-order valence-corrected chi connectivity index (χ0v) is 13.0. The zero-order chi connectivity index (χ0) is 15.0. The fraction of sp³-hybridized carbons (Fsp3) is 0.444. The largest absolute Gasteiger partial charge is 0.300 e. The van der Waals surface area contributed by atoms with Gasteiger partial charge in [-0.2, -0.15) is 5.10 Å². The normalized spacial score (nSPS) is 16.4. The van der Waals surface area contributed by atoms with E-state index in [9.17, 15) is 4.79 Å². The van der Waals surface area contributed by atoms with Crippen LogP contribution in [0.25, 0.3) is 0 Å². The second-order valence-electron chi connectivity index (χ2n) is 6.12. The summed E-state index contributed by atoms with van der Waals surface area (Å²) in [4.78, 5) is 12.2. The van der Waals surface area contributed by atoms with Gasteiger partial charge >= 0.3 is 0 Å². The van der Waals surface area contributed by atoms with E-state index in [-0.39, 0.29) is 0 Å². The average molecular weight is 282 g/mol. The summed E-state index contributed by atoms with van der Waals surface area (Å²) in [6, 6.07) is 8.47. The van der Waals surface area contributed by atoms with Crippen LogP contribution in [0.4, 0.5) is 0 Å². The smallest absolute Gasteiger partial charge is 0.133 e. The number of hydrogen-bond acceptors (Lipinski definition) is 2. The predicted octanol–water partition coefficient (Wildman–Crippen LogP) is 3.27. The maximum Gasteiger partial charge on any atom is 0.133 e. The van der Waals surface area contributed by atoms with Gasteiger partial charge in [-0.25, -0.2) is 0 Å². The second kappa shape index (κ2) is 5.47. The van der Waals surface area contributed by atoms with Gasteiger partial charge in [0.25, 0.3) is 0 Å². The Bertz CT molecular complexity index is 685. The van der Waals surface area contributed by atoms with Crippen LogP contribution in [0.1, 0.15) is 46.8 Å². The molecule has 21 heavy (non-hydrogen) atoms. The fourth-order valence-electron chi connectivity index (χ4n) is 3.37. The van der Waals surface area contributed by atoms with E-state index in [0.29, 0.717) is 24.5 Å². The Morgan fingerprint density at radius 1 is 1.33 bits per heavy atom. The number of Topliss-reactive ketones (excluding diaryl/α,β-unsaturated/α-hetero) is 1. The maximum absolute atomic E-state index is 12.2.